The zero-order chi connectivity index (χ0) is 20.8. The molecule has 0 radical (unpaired) electrons. The molecule has 0 unspecified atom stereocenters. The number of benzene rings is 1. The van der Waals surface area contributed by atoms with E-state index in [-0.39, 0.29) is 28.6 Å². The van der Waals surface area contributed by atoms with Crippen LogP contribution in [0.3, 0.4) is 0 Å². The summed E-state index contributed by atoms with van der Waals surface area (Å²) in [5.41, 5.74) is 1.22. The molecule has 0 bridgehead atoms. The number of rotatable bonds is 6. The number of methoxy groups -OCH3 is 2. The van der Waals surface area contributed by atoms with Gasteiger partial charge in [-0.3, -0.25) is 0 Å². The summed E-state index contributed by atoms with van der Waals surface area (Å²) in [6.07, 6.45) is 5.06. The Morgan fingerprint density at radius 3 is 2.72 bits per heavy atom. The van der Waals surface area contributed by atoms with Crippen molar-refractivity contribution in [3.8, 4) is 11.6 Å². The van der Waals surface area contributed by atoms with Crippen molar-refractivity contribution in [1.29, 1.82) is 0 Å². The van der Waals surface area contributed by atoms with Gasteiger partial charge in [-0.15, -0.1) is 0 Å². The third-order valence-corrected chi connectivity index (χ3v) is 4.28. The SMILES string of the molecule is COC(=O)c1cc(Cl)c(NC(=O)NCc2cccnc2-n2cccn2)cc1OC. The second-order valence-electron chi connectivity index (χ2n) is 5.77. The Morgan fingerprint density at radius 1 is 1.21 bits per heavy atom. The van der Waals surface area contributed by atoms with Gasteiger partial charge in [0.1, 0.15) is 11.3 Å². The number of halogens is 1. The molecule has 0 aliphatic rings. The summed E-state index contributed by atoms with van der Waals surface area (Å²) in [4.78, 5) is 28.4. The van der Waals surface area contributed by atoms with Gasteiger partial charge >= 0.3 is 12.0 Å². The van der Waals surface area contributed by atoms with Crippen LogP contribution in [0.4, 0.5) is 10.5 Å². The second kappa shape index (κ2) is 9.07. The first-order valence-corrected chi connectivity index (χ1v) is 8.86. The molecule has 2 amide bonds. The number of nitrogens with zero attached hydrogens (tertiary/aromatic N) is 3. The quantitative estimate of drug-likeness (QED) is 0.599. The zero-order valence-corrected chi connectivity index (χ0v) is 16.4. The normalized spacial score (nSPS) is 10.3. The number of amides is 2. The Kier molecular flexibility index (Phi) is 6.30. The van der Waals surface area contributed by atoms with Gasteiger partial charge in [-0.05, 0) is 18.2 Å². The molecule has 0 aliphatic carbocycles. The van der Waals surface area contributed by atoms with Crippen molar-refractivity contribution >= 4 is 29.3 Å². The van der Waals surface area contributed by atoms with Gasteiger partial charge in [0.15, 0.2) is 5.82 Å². The second-order valence-corrected chi connectivity index (χ2v) is 6.18. The maximum atomic E-state index is 12.4. The summed E-state index contributed by atoms with van der Waals surface area (Å²) in [5.74, 6) is 0.243. The van der Waals surface area contributed by atoms with E-state index in [2.05, 4.69) is 20.7 Å². The van der Waals surface area contributed by atoms with E-state index in [1.54, 1.807) is 35.4 Å². The van der Waals surface area contributed by atoms with Gasteiger partial charge in [0.05, 0.1) is 24.9 Å². The molecule has 2 heterocycles. The van der Waals surface area contributed by atoms with Crippen molar-refractivity contribution in [1.82, 2.24) is 20.1 Å². The molecule has 2 N–H and O–H groups in total. The Hall–Kier alpha value is -3.59. The van der Waals surface area contributed by atoms with Crippen LogP contribution in [0.15, 0.2) is 48.9 Å². The fraction of sp³-hybridized carbons (Fsp3) is 0.158. The lowest BCUT2D eigenvalue weighted by atomic mass is 10.1. The average Bonchev–Trinajstić information content (AvgIpc) is 3.27. The molecule has 0 fully saturated rings. The monoisotopic (exact) mass is 415 g/mol. The number of hydrogen-bond acceptors (Lipinski definition) is 6. The highest BCUT2D eigenvalue weighted by Gasteiger charge is 2.17. The van der Waals surface area contributed by atoms with Crippen molar-refractivity contribution in [2.75, 3.05) is 19.5 Å². The van der Waals surface area contributed by atoms with Gasteiger partial charge in [-0.25, -0.2) is 19.3 Å². The van der Waals surface area contributed by atoms with Crippen molar-refractivity contribution in [3.05, 3.63) is 65.1 Å². The molecule has 0 aliphatic heterocycles. The number of ether oxygens (including phenoxy) is 2. The highest BCUT2D eigenvalue weighted by atomic mass is 35.5. The van der Waals surface area contributed by atoms with E-state index in [0.717, 1.165) is 5.56 Å². The molecule has 29 heavy (non-hydrogen) atoms. The predicted molar refractivity (Wildman–Crippen MR) is 107 cm³/mol. The molecule has 0 atom stereocenters. The minimum atomic E-state index is -0.595. The Bertz CT molecular complexity index is 1020. The third kappa shape index (κ3) is 4.64. The first-order chi connectivity index (χ1) is 14.0. The summed E-state index contributed by atoms with van der Waals surface area (Å²) in [7, 11) is 2.66. The number of carbonyl (C=O) groups excluding carboxylic acids is 2. The summed E-state index contributed by atoms with van der Waals surface area (Å²) in [6, 6.07) is 7.73. The Balaban J connectivity index is 1.72. The lowest BCUT2D eigenvalue weighted by Gasteiger charge is -2.14. The molecule has 0 saturated carbocycles. The summed E-state index contributed by atoms with van der Waals surface area (Å²) in [5, 5.41) is 9.70. The molecule has 0 saturated heterocycles. The fourth-order valence-electron chi connectivity index (χ4n) is 2.60. The van der Waals surface area contributed by atoms with Gasteiger partial charge in [0, 0.05) is 36.8 Å². The number of esters is 1. The molecular formula is C19H18ClN5O4. The van der Waals surface area contributed by atoms with Gasteiger partial charge in [0.2, 0.25) is 0 Å². The number of urea groups is 1. The molecule has 3 aromatic rings. The Labute approximate surface area is 171 Å². The van der Waals surface area contributed by atoms with E-state index in [1.165, 1.54) is 26.4 Å². The van der Waals surface area contributed by atoms with Crippen LogP contribution in [0, 0.1) is 0 Å². The van der Waals surface area contributed by atoms with Crippen LogP contribution in [-0.4, -0.2) is 41.0 Å². The fourth-order valence-corrected chi connectivity index (χ4v) is 2.81. The van der Waals surface area contributed by atoms with Crippen LogP contribution in [0.5, 0.6) is 5.75 Å². The molecule has 2 aromatic heterocycles. The van der Waals surface area contributed by atoms with E-state index in [4.69, 9.17) is 21.1 Å². The van der Waals surface area contributed by atoms with Crippen molar-refractivity contribution in [2.45, 2.75) is 6.54 Å². The molecule has 9 nitrogen and oxygen atoms in total. The first kappa shape index (κ1) is 20.2. The van der Waals surface area contributed by atoms with E-state index in [0.29, 0.717) is 5.82 Å². The highest BCUT2D eigenvalue weighted by molar-refractivity contribution is 6.34. The predicted octanol–water partition coefficient (Wildman–Crippen LogP) is 3.04. The van der Waals surface area contributed by atoms with Crippen LogP contribution in [0.2, 0.25) is 5.02 Å². The van der Waals surface area contributed by atoms with Crippen LogP contribution in [0.25, 0.3) is 5.82 Å². The first-order valence-electron chi connectivity index (χ1n) is 8.48. The standard InChI is InChI=1S/C19H18ClN5O4/c1-28-16-10-15(14(20)9-13(16)18(26)29-2)24-19(27)22-11-12-5-3-6-21-17(12)25-8-4-7-23-25/h3-10H,11H2,1-2H3,(H2,22,24,27). The van der Waals surface area contributed by atoms with Gasteiger partial charge in [-0.1, -0.05) is 17.7 Å². The number of hydrogen-bond donors (Lipinski definition) is 2. The number of pyridine rings is 1. The summed E-state index contributed by atoms with van der Waals surface area (Å²) < 4.78 is 11.5. The van der Waals surface area contributed by atoms with E-state index in [9.17, 15) is 9.59 Å². The van der Waals surface area contributed by atoms with Crippen LogP contribution in [0.1, 0.15) is 15.9 Å². The molecule has 0 spiro atoms. The smallest absolute Gasteiger partial charge is 0.341 e. The van der Waals surface area contributed by atoms with Gasteiger partial charge in [-0.2, -0.15) is 5.10 Å². The highest BCUT2D eigenvalue weighted by Crippen LogP contribution is 2.31. The van der Waals surface area contributed by atoms with E-state index in [1.807, 2.05) is 6.07 Å². The van der Waals surface area contributed by atoms with Crippen molar-refractivity contribution in [2.24, 2.45) is 0 Å². The third-order valence-electron chi connectivity index (χ3n) is 3.97. The minimum Gasteiger partial charge on any atom is -0.496 e. The molecule has 3 rings (SSSR count). The maximum absolute atomic E-state index is 12.4. The van der Waals surface area contributed by atoms with Crippen LogP contribution < -0.4 is 15.4 Å². The minimum absolute atomic E-state index is 0.158. The maximum Gasteiger partial charge on any atom is 0.341 e. The number of aromatic nitrogens is 3. The molecule has 1 aromatic carbocycles. The summed E-state index contributed by atoms with van der Waals surface area (Å²) in [6.45, 7) is 0.212. The number of anilines is 1. The van der Waals surface area contributed by atoms with Gasteiger partial charge < -0.3 is 20.1 Å². The summed E-state index contributed by atoms with van der Waals surface area (Å²) >= 11 is 6.19. The van der Waals surface area contributed by atoms with Crippen molar-refractivity contribution < 1.29 is 19.1 Å². The molecule has 150 valence electrons. The lowest BCUT2D eigenvalue weighted by molar-refractivity contribution is 0.0597. The number of nitrogens with one attached hydrogen (secondary N) is 2. The average molecular weight is 416 g/mol. The zero-order valence-electron chi connectivity index (χ0n) is 15.7. The Morgan fingerprint density at radius 2 is 2.03 bits per heavy atom. The van der Waals surface area contributed by atoms with Gasteiger partial charge in [0.25, 0.3) is 0 Å². The number of carbonyl (C=O) groups is 2. The van der Waals surface area contributed by atoms with Crippen LogP contribution >= 0.6 is 11.6 Å². The lowest BCUT2D eigenvalue weighted by Crippen LogP contribution is -2.29. The molecular weight excluding hydrogens is 398 g/mol. The van der Waals surface area contributed by atoms with Crippen molar-refractivity contribution in [3.63, 3.8) is 0 Å². The topological polar surface area (TPSA) is 107 Å². The van der Waals surface area contributed by atoms with Crippen LogP contribution in [-0.2, 0) is 11.3 Å². The van der Waals surface area contributed by atoms with E-state index < -0.39 is 12.0 Å². The van der Waals surface area contributed by atoms with E-state index >= 15 is 0 Å². The molecule has 10 heteroatoms. The largest absolute Gasteiger partial charge is 0.496 e.